The van der Waals surface area contributed by atoms with Gasteiger partial charge in [-0.1, -0.05) is 13.0 Å². The van der Waals surface area contributed by atoms with Crippen LogP contribution in [0.3, 0.4) is 0 Å². The molecule has 0 spiro atoms. The molecule has 0 saturated carbocycles. The van der Waals surface area contributed by atoms with Crippen molar-refractivity contribution in [3.05, 3.63) is 23.8 Å². The molecule has 1 aromatic rings. The van der Waals surface area contributed by atoms with Gasteiger partial charge in [0.1, 0.15) is 6.07 Å². The van der Waals surface area contributed by atoms with Gasteiger partial charge in [-0.25, -0.2) is 4.79 Å². The summed E-state index contributed by atoms with van der Waals surface area (Å²) in [4.78, 5) is 11.5. The number of thioether (sulfide) groups is 1. The molecule has 4 N–H and O–H groups in total. The molecule has 0 atom stereocenters. The van der Waals surface area contributed by atoms with Crippen LogP contribution < -0.4 is 16.4 Å². The number of amides is 2. The lowest BCUT2D eigenvalue weighted by molar-refractivity contribution is 0.249. The number of carbonyl (C=O) groups excluding carboxylic acids is 1. The van der Waals surface area contributed by atoms with Crippen LogP contribution in [0.4, 0.5) is 10.5 Å². The van der Waals surface area contributed by atoms with Crippen LogP contribution >= 0.6 is 11.8 Å². The first-order valence-electron chi connectivity index (χ1n) is 5.62. The Morgan fingerprint density at radius 3 is 2.89 bits per heavy atom. The Kier molecular flexibility index (Phi) is 5.88. The number of urea groups is 1. The smallest absolute Gasteiger partial charge is 0.312 e. The first-order chi connectivity index (χ1) is 8.69. The second-order valence-corrected chi connectivity index (χ2v) is 4.75. The van der Waals surface area contributed by atoms with E-state index in [1.54, 1.807) is 11.8 Å². The van der Waals surface area contributed by atoms with Crippen LogP contribution in [0.1, 0.15) is 12.5 Å². The highest BCUT2D eigenvalue weighted by Crippen LogP contribution is 2.27. The molecule has 0 aliphatic rings. The molecular weight excluding hydrogens is 248 g/mol. The van der Waals surface area contributed by atoms with Gasteiger partial charge in [-0.15, -0.1) is 11.8 Å². The number of benzene rings is 1. The lowest BCUT2D eigenvalue weighted by Gasteiger charge is -2.11. The normalized spacial score (nSPS) is 9.56. The number of nitriles is 1. The number of primary amides is 1. The molecule has 5 nitrogen and oxygen atoms in total. The van der Waals surface area contributed by atoms with E-state index in [4.69, 9.17) is 5.73 Å². The first-order valence-corrected chi connectivity index (χ1v) is 6.60. The lowest BCUT2D eigenvalue weighted by atomic mass is 10.2. The van der Waals surface area contributed by atoms with Gasteiger partial charge >= 0.3 is 6.03 Å². The van der Waals surface area contributed by atoms with E-state index in [1.165, 1.54) is 0 Å². The van der Waals surface area contributed by atoms with Gasteiger partial charge in [-0.3, -0.25) is 0 Å². The Balaban J connectivity index is 2.67. The molecule has 0 aliphatic carbocycles. The second kappa shape index (κ2) is 7.45. The van der Waals surface area contributed by atoms with Crippen molar-refractivity contribution in [2.75, 3.05) is 24.2 Å². The largest absolute Gasteiger partial charge is 0.382 e. The number of nitrogens with two attached hydrogens (primary N) is 1. The van der Waals surface area contributed by atoms with Crippen LogP contribution in [0.25, 0.3) is 0 Å². The van der Waals surface area contributed by atoms with Crippen molar-refractivity contribution in [3.63, 3.8) is 0 Å². The van der Waals surface area contributed by atoms with Crippen LogP contribution in [-0.4, -0.2) is 24.9 Å². The highest BCUT2D eigenvalue weighted by molar-refractivity contribution is 7.99. The van der Waals surface area contributed by atoms with E-state index in [9.17, 15) is 10.1 Å². The zero-order valence-corrected chi connectivity index (χ0v) is 11.0. The van der Waals surface area contributed by atoms with Crippen molar-refractivity contribution in [2.24, 2.45) is 5.73 Å². The monoisotopic (exact) mass is 264 g/mol. The van der Waals surface area contributed by atoms with Gasteiger partial charge in [-0.05, 0) is 17.9 Å². The minimum Gasteiger partial charge on any atom is -0.382 e. The molecule has 0 heterocycles. The van der Waals surface area contributed by atoms with Gasteiger partial charge in [0.2, 0.25) is 0 Å². The van der Waals surface area contributed by atoms with Crippen LogP contribution in [-0.2, 0) is 0 Å². The molecule has 1 rings (SSSR count). The molecule has 6 heteroatoms. The maximum atomic E-state index is 10.5. The van der Waals surface area contributed by atoms with Gasteiger partial charge in [0.15, 0.2) is 0 Å². The summed E-state index contributed by atoms with van der Waals surface area (Å²) in [7, 11) is 0. The quantitative estimate of drug-likeness (QED) is 0.539. The third-order valence-corrected chi connectivity index (χ3v) is 3.12. The number of carbonyl (C=O) groups is 1. The molecule has 96 valence electrons. The minimum absolute atomic E-state index is 0.422. The molecule has 18 heavy (non-hydrogen) atoms. The van der Waals surface area contributed by atoms with E-state index in [2.05, 4.69) is 16.7 Å². The van der Waals surface area contributed by atoms with Gasteiger partial charge in [0.25, 0.3) is 0 Å². The number of hydrogen-bond donors (Lipinski definition) is 3. The van der Waals surface area contributed by atoms with Crippen molar-refractivity contribution < 1.29 is 4.79 Å². The van der Waals surface area contributed by atoms with Crippen LogP contribution in [0.5, 0.6) is 0 Å². The van der Waals surface area contributed by atoms with Gasteiger partial charge in [0.05, 0.1) is 11.3 Å². The van der Waals surface area contributed by atoms with Gasteiger partial charge < -0.3 is 16.4 Å². The molecule has 2 amide bonds. The molecule has 0 radical (unpaired) electrons. The number of hydrogen-bond acceptors (Lipinski definition) is 4. The molecule has 1 aromatic carbocycles. The van der Waals surface area contributed by atoms with Gasteiger partial charge in [-0.2, -0.15) is 5.26 Å². The summed E-state index contributed by atoms with van der Waals surface area (Å²) >= 11 is 1.63. The summed E-state index contributed by atoms with van der Waals surface area (Å²) in [6, 6.07) is 7.34. The molecular formula is C12H16N4OS. The van der Waals surface area contributed by atoms with Crippen molar-refractivity contribution >= 4 is 23.5 Å². The number of anilines is 1. The van der Waals surface area contributed by atoms with E-state index in [1.807, 2.05) is 25.1 Å². The topological polar surface area (TPSA) is 90.9 Å². The van der Waals surface area contributed by atoms with E-state index >= 15 is 0 Å². The van der Waals surface area contributed by atoms with Gasteiger partial charge in [0, 0.05) is 18.0 Å². The second-order valence-electron chi connectivity index (χ2n) is 3.44. The predicted octanol–water partition coefficient (Wildman–Crippen LogP) is 1.75. The number of nitrogens with zero attached hydrogens (tertiary/aromatic N) is 1. The number of nitrogens with one attached hydrogen (secondary N) is 2. The fraction of sp³-hybridized carbons (Fsp3) is 0.333. The van der Waals surface area contributed by atoms with E-state index < -0.39 is 6.03 Å². The average molecular weight is 264 g/mol. The average Bonchev–Trinajstić information content (AvgIpc) is 2.35. The van der Waals surface area contributed by atoms with Crippen molar-refractivity contribution in [1.29, 1.82) is 5.26 Å². The highest BCUT2D eigenvalue weighted by atomic mass is 32.2. The molecule has 0 saturated heterocycles. The zero-order chi connectivity index (χ0) is 13.4. The molecule has 0 bridgehead atoms. The Morgan fingerprint density at radius 2 is 2.28 bits per heavy atom. The first kappa shape index (κ1) is 14.2. The Bertz CT molecular complexity index is 456. The third-order valence-electron chi connectivity index (χ3n) is 2.18. The Labute approximate surface area is 111 Å². The summed E-state index contributed by atoms with van der Waals surface area (Å²) in [6.45, 7) is 2.99. The number of rotatable bonds is 6. The van der Waals surface area contributed by atoms with Crippen LogP contribution in [0.2, 0.25) is 0 Å². The predicted molar refractivity (Wildman–Crippen MR) is 73.6 cm³/mol. The lowest BCUT2D eigenvalue weighted by Crippen LogP contribution is -2.33. The van der Waals surface area contributed by atoms with E-state index in [-0.39, 0.29) is 0 Å². The minimum atomic E-state index is -0.549. The molecule has 0 aromatic heterocycles. The third kappa shape index (κ3) is 4.18. The highest BCUT2D eigenvalue weighted by Gasteiger charge is 2.07. The maximum absolute atomic E-state index is 10.5. The summed E-state index contributed by atoms with van der Waals surface area (Å²) < 4.78 is 0. The summed E-state index contributed by atoms with van der Waals surface area (Å²) in [5.74, 6) is 0.918. The standard InChI is InChI=1S/C12H16N4OS/c1-2-18-11-5-3-4-10(9(11)8-13)15-6-7-16-12(14)17/h3-5,15H,2,6-7H2,1H3,(H3,14,16,17). The summed E-state index contributed by atoms with van der Waals surface area (Å²) in [5.41, 5.74) is 6.38. The summed E-state index contributed by atoms with van der Waals surface area (Å²) in [6.07, 6.45) is 0. The Hall–Kier alpha value is -1.87. The van der Waals surface area contributed by atoms with E-state index in [0.29, 0.717) is 18.7 Å². The van der Waals surface area contributed by atoms with Crippen molar-refractivity contribution in [1.82, 2.24) is 5.32 Å². The van der Waals surface area contributed by atoms with Crippen LogP contribution in [0, 0.1) is 11.3 Å². The molecule has 0 fully saturated rings. The summed E-state index contributed by atoms with van der Waals surface area (Å²) in [5, 5.41) is 14.8. The van der Waals surface area contributed by atoms with Crippen molar-refractivity contribution in [3.8, 4) is 6.07 Å². The van der Waals surface area contributed by atoms with Crippen molar-refractivity contribution in [2.45, 2.75) is 11.8 Å². The zero-order valence-electron chi connectivity index (χ0n) is 10.2. The molecule has 0 unspecified atom stereocenters. The van der Waals surface area contributed by atoms with E-state index in [0.717, 1.165) is 16.3 Å². The fourth-order valence-corrected chi connectivity index (χ4v) is 2.24. The maximum Gasteiger partial charge on any atom is 0.312 e. The molecule has 0 aliphatic heterocycles. The fourth-order valence-electron chi connectivity index (χ4n) is 1.45. The Morgan fingerprint density at radius 1 is 1.50 bits per heavy atom. The van der Waals surface area contributed by atoms with Crippen LogP contribution in [0.15, 0.2) is 23.1 Å². The SMILES string of the molecule is CCSc1cccc(NCCNC(N)=O)c1C#N.